The van der Waals surface area contributed by atoms with Crippen LogP contribution in [0.4, 0.5) is 22.8 Å². The first kappa shape index (κ1) is 34.2. The maximum absolute atomic E-state index is 14.0. The molecule has 4 aromatic rings. The Morgan fingerprint density at radius 3 is 2.06 bits per heavy atom. The molecule has 1 heterocycles. The van der Waals surface area contributed by atoms with E-state index in [-0.39, 0.29) is 25.4 Å². The zero-order chi connectivity index (χ0) is 34.7. The Balaban J connectivity index is 1.37. The van der Waals surface area contributed by atoms with Gasteiger partial charge in [0, 0.05) is 18.5 Å². The number of fused-ring (bicyclic) bond motifs is 1. The smallest absolute Gasteiger partial charge is 0.481 e. The maximum atomic E-state index is 14.0. The molecule has 0 saturated carbocycles. The van der Waals surface area contributed by atoms with Gasteiger partial charge in [-0.1, -0.05) is 60.7 Å². The third-order valence-electron chi connectivity index (χ3n) is 8.11. The Bertz CT molecular complexity index is 1790. The number of nitrogens with zero attached hydrogens (tertiary/aromatic N) is 1. The van der Waals surface area contributed by atoms with Gasteiger partial charge in [-0.3, -0.25) is 4.79 Å². The number of amides is 3. The molecule has 1 aliphatic rings. The van der Waals surface area contributed by atoms with Gasteiger partial charge in [-0.2, -0.15) is 18.0 Å². The van der Waals surface area contributed by atoms with E-state index in [1.807, 2.05) is 42.5 Å². The van der Waals surface area contributed by atoms with Crippen molar-refractivity contribution >= 4 is 18.1 Å². The zero-order valence-corrected chi connectivity index (χ0v) is 26.7. The summed E-state index contributed by atoms with van der Waals surface area (Å²) in [5.41, 5.74) is 2.13. The molecule has 0 aliphatic carbocycles. The summed E-state index contributed by atoms with van der Waals surface area (Å²) in [4.78, 5) is 40.1. The number of rotatable bonds is 7. The number of carbonyl (C=O) groups excluding carboxylic acids is 2. The third kappa shape index (κ3) is 7.86. The molecule has 0 fully saturated rings. The van der Waals surface area contributed by atoms with Crippen LogP contribution in [0.3, 0.4) is 0 Å². The number of quaternary nitrogens is 1. The number of alkyl halides is 3. The predicted octanol–water partition coefficient (Wildman–Crippen LogP) is 8.55. The Kier molecular flexibility index (Phi) is 9.63. The summed E-state index contributed by atoms with van der Waals surface area (Å²) in [6.07, 6.45) is -4.95. The van der Waals surface area contributed by atoms with Crippen LogP contribution in [-0.2, 0) is 28.7 Å². The molecule has 8 nitrogen and oxygen atoms in total. The van der Waals surface area contributed by atoms with E-state index in [0.717, 1.165) is 28.8 Å². The third-order valence-corrected chi connectivity index (χ3v) is 8.11. The van der Waals surface area contributed by atoms with Crippen LogP contribution in [0.15, 0.2) is 97.1 Å². The quantitative estimate of drug-likeness (QED) is 0.193. The average Bonchev–Trinajstić information content (AvgIpc) is 3.04. The van der Waals surface area contributed by atoms with Crippen molar-refractivity contribution in [1.82, 2.24) is 5.32 Å². The van der Waals surface area contributed by atoms with Gasteiger partial charge < -0.3 is 19.9 Å². The fraction of sp³-hybridized carbons (Fsp3) is 0.270. The summed E-state index contributed by atoms with van der Waals surface area (Å²) in [6, 6.07) is 25.3. The molecule has 250 valence electrons. The second-order valence-electron chi connectivity index (χ2n) is 12.7. The first-order valence-corrected chi connectivity index (χ1v) is 15.4. The van der Waals surface area contributed by atoms with E-state index in [2.05, 4.69) is 5.32 Å². The molecule has 2 N–H and O–H groups in total. The van der Waals surface area contributed by atoms with Crippen molar-refractivity contribution in [3.63, 3.8) is 0 Å². The van der Waals surface area contributed by atoms with Gasteiger partial charge in [0.05, 0.1) is 11.5 Å². The number of aliphatic carboxylic acids is 1. The normalized spacial score (nSPS) is 16.7. The minimum Gasteiger partial charge on any atom is -0.481 e. The Labute approximate surface area is 276 Å². The van der Waals surface area contributed by atoms with E-state index >= 15 is 0 Å². The lowest BCUT2D eigenvalue weighted by atomic mass is 9.96. The highest BCUT2D eigenvalue weighted by Gasteiger charge is 2.51. The second kappa shape index (κ2) is 13.5. The zero-order valence-electron chi connectivity index (χ0n) is 26.7. The predicted molar refractivity (Wildman–Crippen MR) is 172 cm³/mol. The molecule has 0 radical (unpaired) electrons. The standard InChI is InChI=1S/C37H35F3N2O6/c1-36(2,3)48-35(46)42(34(45)41-22-32(33(43)44)27-11-9-25(10-12-27)24-7-5-4-6-8-24)20-19-26-13-16-31(21-28(26)23-42)47-30-17-14-29(15-18-30)37(38,39)40/h4-18,21,32H,19-20,22-23H2,1-3H3,(H-,41,43,44,45)/p+1. The fourth-order valence-corrected chi connectivity index (χ4v) is 5.57. The number of benzene rings is 4. The summed E-state index contributed by atoms with van der Waals surface area (Å²) < 4.78 is 49.7. The van der Waals surface area contributed by atoms with Gasteiger partial charge in [0.25, 0.3) is 0 Å². The first-order chi connectivity index (χ1) is 22.6. The molecule has 0 saturated heterocycles. The first-order valence-electron chi connectivity index (χ1n) is 15.4. The van der Waals surface area contributed by atoms with Crippen LogP contribution in [0, 0.1) is 0 Å². The van der Waals surface area contributed by atoms with E-state index in [4.69, 9.17) is 9.47 Å². The molecular weight excluding hydrogens is 625 g/mol. The van der Waals surface area contributed by atoms with Crippen molar-refractivity contribution < 1.29 is 46.6 Å². The van der Waals surface area contributed by atoms with Crippen LogP contribution < -0.4 is 10.1 Å². The number of imide groups is 1. The number of nitrogens with one attached hydrogen (secondary N) is 1. The average molecular weight is 662 g/mol. The molecule has 0 aromatic heterocycles. The molecule has 2 unspecified atom stereocenters. The fourth-order valence-electron chi connectivity index (χ4n) is 5.57. The maximum Gasteiger partial charge on any atom is 0.526 e. The van der Waals surface area contributed by atoms with E-state index in [9.17, 15) is 32.7 Å². The molecule has 4 aromatic carbocycles. The van der Waals surface area contributed by atoms with Crippen LogP contribution in [-0.4, -0.2) is 46.4 Å². The van der Waals surface area contributed by atoms with E-state index in [1.54, 1.807) is 51.1 Å². The Morgan fingerprint density at radius 1 is 0.833 bits per heavy atom. The summed E-state index contributed by atoms with van der Waals surface area (Å²) in [6.45, 7) is 4.75. The highest BCUT2D eigenvalue weighted by molar-refractivity contribution is 5.82. The molecule has 48 heavy (non-hydrogen) atoms. The molecular formula is C37H36F3N2O6+. The monoisotopic (exact) mass is 661 g/mol. The van der Waals surface area contributed by atoms with Crippen LogP contribution >= 0.6 is 0 Å². The number of carboxylic acid groups (broad SMARTS) is 1. The second-order valence-corrected chi connectivity index (χ2v) is 12.7. The lowest BCUT2D eigenvalue weighted by molar-refractivity contribution is -0.795. The van der Waals surface area contributed by atoms with Crippen LogP contribution in [0.5, 0.6) is 11.5 Å². The van der Waals surface area contributed by atoms with Crippen LogP contribution in [0.25, 0.3) is 11.1 Å². The van der Waals surface area contributed by atoms with Gasteiger partial charge in [-0.15, -0.1) is 4.48 Å². The van der Waals surface area contributed by atoms with Crippen molar-refractivity contribution in [3.05, 3.63) is 119 Å². The van der Waals surface area contributed by atoms with Crippen molar-refractivity contribution in [1.29, 1.82) is 0 Å². The minimum absolute atomic E-state index is 0.0658. The van der Waals surface area contributed by atoms with Crippen molar-refractivity contribution in [3.8, 4) is 22.6 Å². The van der Waals surface area contributed by atoms with Gasteiger partial charge in [0.1, 0.15) is 30.2 Å². The van der Waals surface area contributed by atoms with Gasteiger partial charge in [-0.25, -0.2) is 4.79 Å². The number of carbonyl (C=O) groups is 3. The lowest BCUT2D eigenvalue weighted by Gasteiger charge is -2.37. The van der Waals surface area contributed by atoms with E-state index < -0.39 is 45.8 Å². The van der Waals surface area contributed by atoms with Crippen molar-refractivity contribution in [2.75, 3.05) is 13.1 Å². The minimum atomic E-state index is -4.48. The van der Waals surface area contributed by atoms with Gasteiger partial charge in [0.15, 0.2) is 0 Å². The van der Waals surface area contributed by atoms with Gasteiger partial charge >= 0.3 is 24.3 Å². The number of halogens is 3. The number of urea groups is 1. The van der Waals surface area contributed by atoms with E-state index in [0.29, 0.717) is 23.3 Å². The molecule has 3 amide bonds. The number of hydrogen-bond acceptors (Lipinski definition) is 5. The summed E-state index contributed by atoms with van der Waals surface area (Å²) >= 11 is 0. The summed E-state index contributed by atoms with van der Waals surface area (Å²) in [7, 11) is 0. The Hall–Kier alpha value is -5.16. The Morgan fingerprint density at radius 2 is 1.46 bits per heavy atom. The number of hydrogen-bond donors (Lipinski definition) is 2. The lowest BCUT2D eigenvalue weighted by Crippen LogP contribution is -2.63. The van der Waals surface area contributed by atoms with Crippen LogP contribution in [0.1, 0.15) is 48.9 Å². The van der Waals surface area contributed by atoms with Gasteiger partial charge in [-0.05, 0) is 79.4 Å². The largest absolute Gasteiger partial charge is 0.526 e. The van der Waals surface area contributed by atoms with Gasteiger partial charge in [0.2, 0.25) is 0 Å². The summed E-state index contributed by atoms with van der Waals surface area (Å²) in [5, 5.41) is 12.8. The molecule has 0 spiro atoms. The molecule has 1 aliphatic heterocycles. The topological polar surface area (TPSA) is 102 Å². The highest BCUT2D eigenvalue weighted by Crippen LogP contribution is 2.34. The molecule has 11 heteroatoms. The molecule has 2 atom stereocenters. The number of carboxylic acids is 1. The van der Waals surface area contributed by atoms with Crippen molar-refractivity contribution in [2.45, 2.75) is 51.4 Å². The highest BCUT2D eigenvalue weighted by atomic mass is 19.4. The van der Waals surface area contributed by atoms with Crippen molar-refractivity contribution in [2.24, 2.45) is 0 Å². The SMILES string of the molecule is CC(C)(C)OC(=O)[N+]1(C(=O)NCC(C(=O)O)c2ccc(-c3ccccc3)cc2)CCc2ccc(Oc3ccc(C(F)(F)F)cc3)cc2C1. The summed E-state index contributed by atoms with van der Waals surface area (Å²) in [5.74, 6) is -1.73. The number of ether oxygens (including phenoxy) is 2. The molecule has 0 bridgehead atoms. The van der Waals surface area contributed by atoms with Crippen LogP contribution in [0.2, 0.25) is 0 Å². The van der Waals surface area contributed by atoms with E-state index in [1.165, 1.54) is 12.1 Å². The molecule has 5 rings (SSSR count).